The van der Waals surface area contributed by atoms with Gasteiger partial charge in [0.05, 0.1) is 0 Å². The van der Waals surface area contributed by atoms with Crippen molar-refractivity contribution in [1.29, 1.82) is 0 Å². The minimum absolute atomic E-state index is 0. The van der Waals surface area contributed by atoms with Gasteiger partial charge in [0.25, 0.3) is 0 Å². The Morgan fingerprint density at radius 1 is 1.30 bits per heavy atom. The fourth-order valence-electron chi connectivity index (χ4n) is 3.06. The summed E-state index contributed by atoms with van der Waals surface area (Å²) in [4.78, 5) is 2.39. The Hall–Kier alpha value is -0.980. The molecule has 1 aliphatic rings. The van der Waals surface area contributed by atoms with Crippen molar-refractivity contribution < 1.29 is 17.9 Å². The zero-order valence-corrected chi connectivity index (χ0v) is 14.2. The molecule has 0 bridgehead atoms. The summed E-state index contributed by atoms with van der Waals surface area (Å²) in [7, 11) is 1.96. The third kappa shape index (κ3) is 6.20. The van der Waals surface area contributed by atoms with Gasteiger partial charge in [-0.1, -0.05) is 12.1 Å². The van der Waals surface area contributed by atoms with Crippen molar-refractivity contribution in [1.82, 2.24) is 10.2 Å². The van der Waals surface area contributed by atoms with E-state index in [-0.39, 0.29) is 24.2 Å². The van der Waals surface area contributed by atoms with E-state index in [1.54, 1.807) is 12.1 Å². The average molecular weight is 353 g/mol. The van der Waals surface area contributed by atoms with E-state index >= 15 is 0 Å². The molecule has 23 heavy (non-hydrogen) atoms. The first-order valence-electron chi connectivity index (χ1n) is 7.63. The molecule has 0 saturated carbocycles. The Kier molecular flexibility index (Phi) is 7.64. The highest BCUT2D eigenvalue weighted by molar-refractivity contribution is 5.85. The summed E-state index contributed by atoms with van der Waals surface area (Å²) in [6.07, 6.45) is -2.26. The first kappa shape index (κ1) is 20.1. The lowest BCUT2D eigenvalue weighted by Crippen LogP contribution is -2.40. The molecule has 132 valence electrons. The van der Waals surface area contributed by atoms with E-state index in [0.717, 1.165) is 31.6 Å². The van der Waals surface area contributed by atoms with Crippen molar-refractivity contribution in [2.24, 2.45) is 5.92 Å². The molecule has 3 nitrogen and oxygen atoms in total. The van der Waals surface area contributed by atoms with Crippen LogP contribution in [-0.4, -0.2) is 37.9 Å². The lowest BCUT2D eigenvalue weighted by molar-refractivity contribution is -0.274. The van der Waals surface area contributed by atoms with Crippen molar-refractivity contribution in [3.8, 4) is 5.75 Å². The van der Waals surface area contributed by atoms with Gasteiger partial charge in [-0.3, -0.25) is 4.90 Å². The largest absolute Gasteiger partial charge is 0.573 e. The maximum Gasteiger partial charge on any atom is 0.573 e. The fourth-order valence-corrected chi connectivity index (χ4v) is 3.06. The van der Waals surface area contributed by atoms with Gasteiger partial charge in [0.2, 0.25) is 0 Å². The van der Waals surface area contributed by atoms with E-state index < -0.39 is 6.36 Å². The number of halogens is 4. The van der Waals surface area contributed by atoms with Gasteiger partial charge in [0.1, 0.15) is 5.75 Å². The third-order valence-corrected chi connectivity index (χ3v) is 4.19. The summed E-state index contributed by atoms with van der Waals surface area (Å²) >= 11 is 0. The molecule has 0 amide bonds. The first-order valence-corrected chi connectivity index (χ1v) is 7.63. The van der Waals surface area contributed by atoms with Crippen molar-refractivity contribution >= 4 is 12.4 Å². The maximum atomic E-state index is 12.2. The van der Waals surface area contributed by atoms with E-state index in [1.807, 2.05) is 7.05 Å². The second-order valence-corrected chi connectivity index (χ2v) is 5.85. The molecule has 1 aliphatic heterocycles. The predicted molar refractivity (Wildman–Crippen MR) is 87.0 cm³/mol. The molecule has 1 N–H and O–H groups in total. The SMILES string of the molecule is CNCC1CCCN(C(C)c2ccc(OC(F)(F)F)cc2)C1.Cl. The number of hydrogen-bond acceptors (Lipinski definition) is 3. The summed E-state index contributed by atoms with van der Waals surface area (Å²) in [6, 6.07) is 6.39. The number of benzene rings is 1. The van der Waals surface area contributed by atoms with E-state index in [1.165, 1.54) is 18.6 Å². The van der Waals surface area contributed by atoms with Gasteiger partial charge in [-0.2, -0.15) is 0 Å². The lowest BCUT2D eigenvalue weighted by atomic mass is 9.95. The number of piperidine rings is 1. The first-order chi connectivity index (χ1) is 10.4. The van der Waals surface area contributed by atoms with E-state index in [2.05, 4.69) is 21.9 Å². The van der Waals surface area contributed by atoms with Gasteiger partial charge in [0.15, 0.2) is 0 Å². The van der Waals surface area contributed by atoms with Crippen LogP contribution in [0.25, 0.3) is 0 Å². The molecule has 0 radical (unpaired) electrons. The smallest absolute Gasteiger partial charge is 0.406 e. The van der Waals surface area contributed by atoms with Gasteiger partial charge < -0.3 is 10.1 Å². The predicted octanol–water partition coefficient (Wildman–Crippen LogP) is 4.00. The zero-order chi connectivity index (χ0) is 16.2. The monoisotopic (exact) mass is 352 g/mol. The van der Waals surface area contributed by atoms with Crippen molar-refractivity contribution in [2.75, 3.05) is 26.7 Å². The minimum Gasteiger partial charge on any atom is -0.406 e. The highest BCUT2D eigenvalue weighted by Gasteiger charge is 2.31. The molecule has 0 spiro atoms. The Balaban J connectivity index is 0.00000264. The molecule has 1 fully saturated rings. The standard InChI is InChI=1S/C16H23F3N2O.ClH/c1-12(21-9-3-4-13(11-21)10-20-2)14-5-7-15(8-6-14)22-16(17,18)19;/h5-8,12-13,20H,3-4,9-11H2,1-2H3;1H. The molecule has 7 heteroatoms. The van der Waals surface area contributed by atoms with E-state index in [4.69, 9.17) is 0 Å². The van der Waals surface area contributed by atoms with Crippen LogP contribution in [0.1, 0.15) is 31.4 Å². The Morgan fingerprint density at radius 2 is 1.96 bits per heavy atom. The molecular formula is C16H24ClF3N2O. The molecule has 1 heterocycles. The van der Waals surface area contributed by atoms with Crippen LogP contribution in [0.4, 0.5) is 13.2 Å². The van der Waals surface area contributed by atoms with Crippen LogP contribution in [-0.2, 0) is 0 Å². The van der Waals surface area contributed by atoms with Crippen molar-refractivity contribution in [3.05, 3.63) is 29.8 Å². The van der Waals surface area contributed by atoms with Crippen LogP contribution in [0.3, 0.4) is 0 Å². The highest BCUT2D eigenvalue weighted by Crippen LogP contribution is 2.29. The van der Waals surface area contributed by atoms with E-state index in [0.29, 0.717) is 5.92 Å². The topological polar surface area (TPSA) is 24.5 Å². The molecule has 2 rings (SSSR count). The second-order valence-electron chi connectivity index (χ2n) is 5.85. The lowest BCUT2D eigenvalue weighted by Gasteiger charge is -2.37. The molecule has 1 saturated heterocycles. The summed E-state index contributed by atoms with van der Waals surface area (Å²) in [5.74, 6) is 0.462. The Bertz CT molecular complexity index is 465. The summed E-state index contributed by atoms with van der Waals surface area (Å²) < 4.78 is 40.4. The van der Waals surface area contributed by atoms with Gasteiger partial charge in [-0.25, -0.2) is 0 Å². The van der Waals surface area contributed by atoms with Gasteiger partial charge in [-0.15, -0.1) is 25.6 Å². The molecule has 2 unspecified atom stereocenters. The van der Waals surface area contributed by atoms with Crippen LogP contribution in [0, 0.1) is 5.92 Å². The van der Waals surface area contributed by atoms with Crippen LogP contribution in [0.15, 0.2) is 24.3 Å². The summed E-state index contributed by atoms with van der Waals surface area (Å²) in [5.41, 5.74) is 1.01. The number of hydrogen-bond donors (Lipinski definition) is 1. The molecule has 0 aromatic heterocycles. The quantitative estimate of drug-likeness (QED) is 0.867. The van der Waals surface area contributed by atoms with Gasteiger partial charge in [0, 0.05) is 12.6 Å². The van der Waals surface area contributed by atoms with Crippen LogP contribution in [0.2, 0.25) is 0 Å². The minimum atomic E-state index is -4.64. The summed E-state index contributed by atoms with van der Waals surface area (Å²) in [5, 5.41) is 3.22. The Morgan fingerprint density at radius 3 is 2.52 bits per heavy atom. The summed E-state index contributed by atoms with van der Waals surface area (Å²) in [6.45, 7) is 5.15. The number of likely N-dealkylation sites (tertiary alicyclic amines) is 1. The van der Waals surface area contributed by atoms with Gasteiger partial charge >= 0.3 is 6.36 Å². The van der Waals surface area contributed by atoms with Crippen LogP contribution < -0.4 is 10.1 Å². The fraction of sp³-hybridized carbons (Fsp3) is 0.625. The number of rotatable bonds is 5. The highest BCUT2D eigenvalue weighted by atomic mass is 35.5. The molecule has 2 atom stereocenters. The van der Waals surface area contributed by atoms with Crippen molar-refractivity contribution in [3.63, 3.8) is 0 Å². The van der Waals surface area contributed by atoms with Crippen molar-refractivity contribution in [2.45, 2.75) is 32.2 Å². The molecule has 1 aromatic carbocycles. The van der Waals surface area contributed by atoms with Crippen LogP contribution in [0.5, 0.6) is 5.75 Å². The molecule has 1 aromatic rings. The number of nitrogens with one attached hydrogen (secondary N) is 1. The normalized spacial score (nSPS) is 20.7. The number of ether oxygens (including phenoxy) is 1. The number of alkyl halides is 3. The molecule has 0 aliphatic carbocycles. The second kappa shape index (κ2) is 8.76. The third-order valence-electron chi connectivity index (χ3n) is 4.19. The number of nitrogens with zero attached hydrogens (tertiary/aromatic N) is 1. The maximum absolute atomic E-state index is 12.2. The Labute approximate surface area is 141 Å². The van der Waals surface area contributed by atoms with E-state index in [9.17, 15) is 13.2 Å². The average Bonchev–Trinajstić information content (AvgIpc) is 2.46. The van der Waals surface area contributed by atoms with Crippen LogP contribution >= 0.6 is 12.4 Å². The zero-order valence-electron chi connectivity index (χ0n) is 13.4. The molecular weight excluding hydrogens is 329 g/mol. The van der Waals surface area contributed by atoms with Gasteiger partial charge in [-0.05, 0) is 63.5 Å².